The van der Waals surface area contributed by atoms with Crippen LogP contribution in [-0.2, 0) is 4.79 Å². The summed E-state index contributed by atoms with van der Waals surface area (Å²) in [4.78, 5) is 23.3. The number of ether oxygens (including phenoxy) is 1. The third-order valence-electron chi connectivity index (χ3n) is 3.38. The fraction of sp³-hybridized carbons (Fsp3) is 0.467. The van der Waals surface area contributed by atoms with E-state index in [-0.39, 0.29) is 11.9 Å². The maximum atomic E-state index is 11.9. The van der Waals surface area contributed by atoms with E-state index in [1.54, 1.807) is 13.8 Å². The first-order chi connectivity index (χ1) is 10.1. The molecule has 2 atom stereocenters. The van der Waals surface area contributed by atoms with Crippen LogP contribution in [-0.4, -0.2) is 31.1 Å². The molecule has 1 heterocycles. The number of carbonyl (C=O) groups is 2. The Bertz CT molecular complexity index is 519. The van der Waals surface area contributed by atoms with Gasteiger partial charge in [-0.2, -0.15) is 0 Å². The van der Waals surface area contributed by atoms with Crippen LogP contribution in [0.25, 0.3) is 0 Å². The van der Waals surface area contributed by atoms with Gasteiger partial charge in [0.1, 0.15) is 5.75 Å². The number of fused-ring (bicyclic) bond motifs is 1. The standard InChI is InChI=1S/C15H21N3O3/c1-3-16-15(20)18-14(19)10(2)17-12-8-9-21-13-7-5-4-6-11(12)13/h4-7,10,12,17H,3,8-9H2,1-2H3,(H2,16,18,19,20). The van der Waals surface area contributed by atoms with E-state index in [4.69, 9.17) is 4.74 Å². The van der Waals surface area contributed by atoms with Crippen LogP contribution in [0.3, 0.4) is 0 Å². The number of para-hydroxylation sites is 1. The Balaban J connectivity index is 1.96. The average Bonchev–Trinajstić information content (AvgIpc) is 2.47. The third kappa shape index (κ3) is 3.95. The molecule has 3 amide bonds. The van der Waals surface area contributed by atoms with Gasteiger partial charge in [0.25, 0.3) is 0 Å². The van der Waals surface area contributed by atoms with Crippen LogP contribution in [0.15, 0.2) is 24.3 Å². The lowest BCUT2D eigenvalue weighted by atomic mass is 10.00. The van der Waals surface area contributed by atoms with Crippen LogP contribution < -0.4 is 20.7 Å². The molecule has 0 aliphatic carbocycles. The Hall–Kier alpha value is -2.08. The summed E-state index contributed by atoms with van der Waals surface area (Å²) in [6.45, 7) is 4.63. The lowest BCUT2D eigenvalue weighted by Gasteiger charge is -2.28. The molecule has 0 fully saturated rings. The van der Waals surface area contributed by atoms with Gasteiger partial charge in [-0.3, -0.25) is 15.4 Å². The molecule has 6 nitrogen and oxygen atoms in total. The highest BCUT2D eigenvalue weighted by molar-refractivity contribution is 5.96. The maximum absolute atomic E-state index is 11.9. The van der Waals surface area contributed by atoms with Crippen molar-refractivity contribution in [2.45, 2.75) is 32.4 Å². The van der Waals surface area contributed by atoms with Gasteiger partial charge in [-0.1, -0.05) is 18.2 Å². The molecule has 0 bridgehead atoms. The van der Waals surface area contributed by atoms with E-state index in [0.29, 0.717) is 13.2 Å². The van der Waals surface area contributed by atoms with Crippen molar-refractivity contribution in [2.24, 2.45) is 0 Å². The molecule has 0 saturated heterocycles. The van der Waals surface area contributed by atoms with Crippen LogP contribution in [0.2, 0.25) is 0 Å². The molecule has 1 aliphatic rings. The predicted octanol–water partition coefficient (Wildman–Crippen LogP) is 1.33. The number of carbonyl (C=O) groups excluding carboxylic acids is 2. The van der Waals surface area contributed by atoms with E-state index in [1.807, 2.05) is 24.3 Å². The summed E-state index contributed by atoms with van der Waals surface area (Å²) >= 11 is 0. The Morgan fingerprint density at radius 3 is 2.90 bits per heavy atom. The fourth-order valence-corrected chi connectivity index (χ4v) is 2.32. The van der Waals surface area contributed by atoms with Gasteiger partial charge in [-0.15, -0.1) is 0 Å². The molecule has 0 aromatic heterocycles. The van der Waals surface area contributed by atoms with E-state index in [2.05, 4.69) is 16.0 Å². The van der Waals surface area contributed by atoms with Crippen molar-refractivity contribution >= 4 is 11.9 Å². The molecule has 2 unspecified atom stereocenters. The van der Waals surface area contributed by atoms with E-state index in [9.17, 15) is 9.59 Å². The zero-order valence-corrected chi connectivity index (χ0v) is 12.3. The lowest BCUT2D eigenvalue weighted by molar-refractivity contribution is -0.121. The number of urea groups is 1. The van der Waals surface area contributed by atoms with E-state index in [1.165, 1.54) is 0 Å². The van der Waals surface area contributed by atoms with Gasteiger partial charge in [-0.05, 0) is 19.9 Å². The molecule has 21 heavy (non-hydrogen) atoms. The van der Waals surface area contributed by atoms with Gasteiger partial charge in [0.2, 0.25) is 5.91 Å². The fourth-order valence-electron chi connectivity index (χ4n) is 2.32. The minimum atomic E-state index is -0.469. The van der Waals surface area contributed by atoms with Crippen molar-refractivity contribution < 1.29 is 14.3 Å². The van der Waals surface area contributed by atoms with Gasteiger partial charge in [-0.25, -0.2) is 4.79 Å². The molecule has 2 rings (SSSR count). The van der Waals surface area contributed by atoms with Gasteiger partial charge in [0, 0.05) is 24.6 Å². The van der Waals surface area contributed by atoms with Gasteiger partial charge >= 0.3 is 6.03 Å². The monoisotopic (exact) mass is 291 g/mol. The van der Waals surface area contributed by atoms with Crippen molar-refractivity contribution in [3.05, 3.63) is 29.8 Å². The highest BCUT2D eigenvalue weighted by Gasteiger charge is 2.25. The smallest absolute Gasteiger partial charge is 0.321 e. The normalized spacial score (nSPS) is 18.1. The Morgan fingerprint density at radius 2 is 2.14 bits per heavy atom. The summed E-state index contributed by atoms with van der Waals surface area (Å²) < 4.78 is 5.59. The first-order valence-corrected chi connectivity index (χ1v) is 7.18. The summed E-state index contributed by atoms with van der Waals surface area (Å²) in [6.07, 6.45) is 0.787. The van der Waals surface area contributed by atoms with E-state index < -0.39 is 12.1 Å². The molecule has 0 saturated carbocycles. The molecule has 0 spiro atoms. The van der Waals surface area contributed by atoms with Crippen LogP contribution >= 0.6 is 0 Å². The maximum Gasteiger partial charge on any atom is 0.321 e. The Morgan fingerprint density at radius 1 is 1.38 bits per heavy atom. The van der Waals surface area contributed by atoms with Crippen molar-refractivity contribution in [1.29, 1.82) is 0 Å². The number of hydrogen-bond donors (Lipinski definition) is 3. The van der Waals surface area contributed by atoms with Crippen LogP contribution in [0.5, 0.6) is 5.75 Å². The summed E-state index contributed by atoms with van der Waals surface area (Å²) in [7, 11) is 0. The number of imide groups is 1. The summed E-state index contributed by atoms with van der Waals surface area (Å²) in [5.41, 5.74) is 1.04. The predicted molar refractivity (Wildman–Crippen MR) is 79.1 cm³/mol. The summed E-state index contributed by atoms with van der Waals surface area (Å²) in [6, 6.07) is 6.88. The zero-order valence-electron chi connectivity index (χ0n) is 12.3. The van der Waals surface area contributed by atoms with Gasteiger partial charge in [0.05, 0.1) is 12.6 Å². The molecule has 0 radical (unpaired) electrons. The first-order valence-electron chi connectivity index (χ1n) is 7.18. The van der Waals surface area contributed by atoms with Crippen molar-refractivity contribution in [2.75, 3.05) is 13.2 Å². The highest BCUT2D eigenvalue weighted by Crippen LogP contribution is 2.31. The van der Waals surface area contributed by atoms with Crippen molar-refractivity contribution in [3.63, 3.8) is 0 Å². The SMILES string of the molecule is CCNC(=O)NC(=O)C(C)NC1CCOc2ccccc21. The molecule has 114 valence electrons. The number of amides is 3. The third-order valence-corrected chi connectivity index (χ3v) is 3.38. The lowest BCUT2D eigenvalue weighted by Crippen LogP contribution is -2.49. The van der Waals surface area contributed by atoms with Crippen molar-refractivity contribution in [1.82, 2.24) is 16.0 Å². The molecule has 1 aromatic rings. The molecular weight excluding hydrogens is 270 g/mol. The quantitative estimate of drug-likeness (QED) is 0.782. The van der Waals surface area contributed by atoms with Crippen LogP contribution in [0.4, 0.5) is 4.79 Å². The molecular formula is C15H21N3O3. The van der Waals surface area contributed by atoms with Crippen molar-refractivity contribution in [3.8, 4) is 5.75 Å². The minimum absolute atomic E-state index is 0.0462. The number of nitrogens with one attached hydrogen (secondary N) is 3. The number of hydrogen-bond acceptors (Lipinski definition) is 4. The van der Waals surface area contributed by atoms with E-state index in [0.717, 1.165) is 17.7 Å². The Labute approximate surface area is 124 Å². The minimum Gasteiger partial charge on any atom is -0.493 e. The molecule has 6 heteroatoms. The van der Waals surface area contributed by atoms with Gasteiger partial charge < -0.3 is 10.1 Å². The van der Waals surface area contributed by atoms with Gasteiger partial charge in [0.15, 0.2) is 0 Å². The summed E-state index contributed by atoms with van der Waals surface area (Å²) in [5.74, 6) is 0.502. The second kappa shape index (κ2) is 7.08. The average molecular weight is 291 g/mol. The topological polar surface area (TPSA) is 79.5 Å². The summed E-state index contributed by atoms with van der Waals surface area (Å²) in [5, 5.41) is 8.09. The highest BCUT2D eigenvalue weighted by atomic mass is 16.5. The Kier molecular flexibility index (Phi) is 5.16. The van der Waals surface area contributed by atoms with Crippen LogP contribution in [0.1, 0.15) is 31.9 Å². The molecule has 3 N–H and O–H groups in total. The second-order valence-corrected chi connectivity index (χ2v) is 4.96. The van der Waals surface area contributed by atoms with Crippen LogP contribution in [0, 0.1) is 0 Å². The van der Waals surface area contributed by atoms with E-state index >= 15 is 0 Å². The molecule has 1 aromatic carbocycles. The number of benzene rings is 1. The largest absolute Gasteiger partial charge is 0.493 e. The zero-order chi connectivity index (χ0) is 15.2. The molecule has 1 aliphatic heterocycles. The second-order valence-electron chi connectivity index (χ2n) is 4.96. The number of rotatable bonds is 4. The first kappa shape index (κ1) is 15.3.